The lowest BCUT2D eigenvalue weighted by Crippen LogP contribution is -2.49. The van der Waals surface area contributed by atoms with Crippen molar-refractivity contribution in [2.75, 3.05) is 0 Å². The number of rotatable bonds is 20. The Kier molecular flexibility index (Phi) is 17.0. The quantitative estimate of drug-likeness (QED) is 0.198. The molecule has 0 bridgehead atoms. The van der Waals surface area contributed by atoms with Crippen LogP contribution in [-0.2, 0) is 4.79 Å². The fourth-order valence-corrected chi connectivity index (χ4v) is 4.68. The Morgan fingerprint density at radius 2 is 1.04 bits per heavy atom. The summed E-state index contributed by atoms with van der Waals surface area (Å²) in [5, 5.41) is 12.3. The lowest BCUT2D eigenvalue weighted by atomic mass is 9.64. The van der Waals surface area contributed by atoms with Crippen LogP contribution in [0.15, 0.2) is 0 Å². The molecule has 0 N–H and O–H groups in total. The molecule has 0 aliphatic carbocycles. The molecule has 168 valence electrons. The average Bonchev–Trinajstić information content (AvgIpc) is 2.68. The maximum atomic E-state index is 12.3. The molecule has 0 aliphatic rings. The summed E-state index contributed by atoms with van der Waals surface area (Å²) >= 11 is 0. The third kappa shape index (κ3) is 10.9. The molecule has 0 aromatic carbocycles. The molecule has 2 nitrogen and oxygen atoms in total. The van der Waals surface area contributed by atoms with Gasteiger partial charge >= 0.3 is 0 Å². The Bertz CT molecular complexity index is 365. The van der Waals surface area contributed by atoms with E-state index in [0.717, 1.165) is 25.7 Å². The SMILES string of the molecule is CCCCCCCCCC(CCCCCC)C(C)(C(=O)[O-])C(C)CCCCC. The first-order valence-corrected chi connectivity index (χ1v) is 12.7. The van der Waals surface area contributed by atoms with Gasteiger partial charge in [-0.05, 0) is 31.1 Å². The van der Waals surface area contributed by atoms with Crippen LogP contribution in [0, 0.1) is 17.3 Å². The lowest BCUT2D eigenvalue weighted by Gasteiger charge is -2.44. The fraction of sp³-hybridized carbons (Fsp3) is 0.962. The Hall–Kier alpha value is -0.530. The Balaban J connectivity index is 4.84. The van der Waals surface area contributed by atoms with Crippen LogP contribution < -0.4 is 5.11 Å². The van der Waals surface area contributed by atoms with Crippen LogP contribution in [0.4, 0.5) is 0 Å². The summed E-state index contributed by atoms with van der Waals surface area (Å²) in [5.74, 6) is -0.341. The van der Waals surface area contributed by atoms with E-state index in [4.69, 9.17) is 0 Å². The van der Waals surface area contributed by atoms with Gasteiger partial charge in [-0.1, -0.05) is 125 Å². The summed E-state index contributed by atoms with van der Waals surface area (Å²) < 4.78 is 0. The monoisotopic (exact) mass is 395 g/mol. The van der Waals surface area contributed by atoms with Crippen molar-refractivity contribution in [3.05, 3.63) is 0 Å². The highest BCUT2D eigenvalue weighted by atomic mass is 16.4. The number of carboxylic acid groups (broad SMARTS) is 1. The van der Waals surface area contributed by atoms with Crippen LogP contribution in [-0.4, -0.2) is 5.97 Å². The zero-order valence-electron chi connectivity index (χ0n) is 20.0. The largest absolute Gasteiger partial charge is 0.550 e. The third-order valence-electron chi connectivity index (χ3n) is 7.11. The second-order valence-corrected chi connectivity index (χ2v) is 9.42. The third-order valence-corrected chi connectivity index (χ3v) is 7.11. The number of carboxylic acids is 1. The predicted molar refractivity (Wildman–Crippen MR) is 121 cm³/mol. The predicted octanol–water partition coefficient (Wildman–Crippen LogP) is 7.69. The van der Waals surface area contributed by atoms with Crippen LogP contribution in [0.1, 0.15) is 144 Å². The zero-order chi connectivity index (χ0) is 21.3. The molecule has 0 spiro atoms. The van der Waals surface area contributed by atoms with Gasteiger partial charge in [0.2, 0.25) is 0 Å². The van der Waals surface area contributed by atoms with Gasteiger partial charge in [0.1, 0.15) is 0 Å². The van der Waals surface area contributed by atoms with Crippen LogP contribution in [0.5, 0.6) is 0 Å². The van der Waals surface area contributed by atoms with E-state index in [2.05, 4.69) is 27.7 Å². The van der Waals surface area contributed by atoms with Gasteiger partial charge in [0.25, 0.3) is 0 Å². The summed E-state index contributed by atoms with van der Waals surface area (Å²) in [6.07, 6.45) is 20.6. The molecule has 0 fully saturated rings. The highest BCUT2D eigenvalue weighted by Crippen LogP contribution is 2.43. The minimum atomic E-state index is -0.806. The number of aliphatic carboxylic acids is 1. The second kappa shape index (κ2) is 17.3. The number of hydrogen-bond acceptors (Lipinski definition) is 2. The Labute approximate surface area is 177 Å². The highest BCUT2D eigenvalue weighted by molar-refractivity contribution is 5.72. The molecule has 0 rings (SSSR count). The van der Waals surface area contributed by atoms with E-state index >= 15 is 0 Å². The first-order chi connectivity index (χ1) is 13.4. The van der Waals surface area contributed by atoms with Crippen molar-refractivity contribution in [3.63, 3.8) is 0 Å². The fourth-order valence-electron chi connectivity index (χ4n) is 4.68. The van der Waals surface area contributed by atoms with Crippen molar-refractivity contribution in [2.45, 2.75) is 144 Å². The summed E-state index contributed by atoms with van der Waals surface area (Å²) in [5.41, 5.74) is -0.678. The summed E-state index contributed by atoms with van der Waals surface area (Å²) in [6.45, 7) is 10.9. The number of carbonyl (C=O) groups is 1. The summed E-state index contributed by atoms with van der Waals surface area (Å²) in [7, 11) is 0. The number of carbonyl (C=O) groups excluding carboxylic acids is 1. The summed E-state index contributed by atoms with van der Waals surface area (Å²) in [6, 6.07) is 0. The van der Waals surface area contributed by atoms with Gasteiger partial charge in [-0.2, -0.15) is 0 Å². The first-order valence-electron chi connectivity index (χ1n) is 12.7. The van der Waals surface area contributed by atoms with E-state index in [9.17, 15) is 9.90 Å². The van der Waals surface area contributed by atoms with Gasteiger partial charge in [0.05, 0.1) is 0 Å². The van der Waals surface area contributed by atoms with E-state index < -0.39 is 11.4 Å². The van der Waals surface area contributed by atoms with Crippen molar-refractivity contribution in [1.82, 2.24) is 0 Å². The molecule has 3 atom stereocenters. The summed E-state index contributed by atoms with van der Waals surface area (Å²) in [4.78, 5) is 12.3. The van der Waals surface area contributed by atoms with Gasteiger partial charge < -0.3 is 9.90 Å². The maximum Gasteiger partial charge on any atom is 0.0478 e. The lowest BCUT2D eigenvalue weighted by molar-refractivity contribution is -0.324. The van der Waals surface area contributed by atoms with Crippen molar-refractivity contribution in [2.24, 2.45) is 17.3 Å². The molecule has 28 heavy (non-hydrogen) atoms. The number of unbranched alkanes of at least 4 members (excludes halogenated alkanes) is 11. The zero-order valence-corrected chi connectivity index (χ0v) is 20.0. The Morgan fingerprint density at radius 3 is 1.50 bits per heavy atom. The van der Waals surface area contributed by atoms with Gasteiger partial charge in [0, 0.05) is 11.4 Å². The van der Waals surface area contributed by atoms with Gasteiger partial charge in [-0.15, -0.1) is 0 Å². The van der Waals surface area contributed by atoms with E-state index in [1.165, 1.54) is 83.5 Å². The molecule has 0 heterocycles. The molecule has 0 radical (unpaired) electrons. The maximum absolute atomic E-state index is 12.3. The van der Waals surface area contributed by atoms with E-state index in [-0.39, 0.29) is 11.8 Å². The minimum Gasteiger partial charge on any atom is -0.550 e. The van der Waals surface area contributed by atoms with E-state index in [0.29, 0.717) is 0 Å². The van der Waals surface area contributed by atoms with Crippen molar-refractivity contribution in [1.29, 1.82) is 0 Å². The topological polar surface area (TPSA) is 40.1 Å². The van der Waals surface area contributed by atoms with E-state index in [1.54, 1.807) is 0 Å². The molecule has 0 aromatic rings. The molecule has 0 aromatic heterocycles. The normalized spacial score (nSPS) is 15.9. The van der Waals surface area contributed by atoms with Crippen molar-refractivity contribution in [3.8, 4) is 0 Å². The number of hydrogen-bond donors (Lipinski definition) is 0. The standard InChI is InChI=1S/C26H52O2/c1-6-9-12-14-15-16-19-22-24(21-18-13-10-7-2)26(5,25(27)28)23(4)20-17-11-8-3/h23-24H,6-22H2,1-5H3,(H,27,28)/p-1. The minimum absolute atomic E-state index is 0.199. The van der Waals surface area contributed by atoms with Crippen LogP contribution in [0.25, 0.3) is 0 Å². The highest BCUT2D eigenvalue weighted by Gasteiger charge is 2.39. The van der Waals surface area contributed by atoms with Gasteiger partial charge in [-0.3, -0.25) is 0 Å². The molecule has 2 heteroatoms. The molecule has 0 aliphatic heterocycles. The first kappa shape index (κ1) is 27.5. The molecular weight excluding hydrogens is 344 g/mol. The van der Waals surface area contributed by atoms with Gasteiger partial charge in [-0.25, -0.2) is 0 Å². The van der Waals surface area contributed by atoms with Crippen molar-refractivity contribution < 1.29 is 9.90 Å². The smallest absolute Gasteiger partial charge is 0.0478 e. The van der Waals surface area contributed by atoms with Crippen LogP contribution in [0.3, 0.4) is 0 Å². The Morgan fingerprint density at radius 1 is 0.679 bits per heavy atom. The second-order valence-electron chi connectivity index (χ2n) is 9.42. The van der Waals surface area contributed by atoms with Gasteiger partial charge in [0.15, 0.2) is 0 Å². The van der Waals surface area contributed by atoms with Crippen LogP contribution in [0.2, 0.25) is 0 Å². The molecule has 3 unspecified atom stereocenters. The van der Waals surface area contributed by atoms with E-state index in [1.807, 2.05) is 6.92 Å². The van der Waals surface area contributed by atoms with Crippen LogP contribution >= 0.6 is 0 Å². The average molecular weight is 396 g/mol. The molecule has 0 saturated carbocycles. The molecule has 0 saturated heterocycles. The molecule has 0 amide bonds. The van der Waals surface area contributed by atoms with Crippen molar-refractivity contribution >= 4 is 5.97 Å². The molecular formula is C26H51O2-.